The predicted octanol–water partition coefficient (Wildman–Crippen LogP) is 4.54. The summed E-state index contributed by atoms with van der Waals surface area (Å²) in [6.07, 6.45) is 1.75. The lowest BCUT2D eigenvalue weighted by Gasteiger charge is -2.19. The number of carbonyl (C=O) groups is 2. The van der Waals surface area contributed by atoms with Gasteiger partial charge in [0.05, 0.1) is 23.0 Å². The molecule has 1 aromatic heterocycles. The second-order valence-electron chi connectivity index (χ2n) is 6.39. The summed E-state index contributed by atoms with van der Waals surface area (Å²) in [4.78, 5) is 29.4. The highest BCUT2D eigenvalue weighted by atomic mass is 35.5. The van der Waals surface area contributed by atoms with Gasteiger partial charge in [0.1, 0.15) is 5.82 Å². The van der Waals surface area contributed by atoms with Crippen LogP contribution < -0.4 is 10.6 Å². The van der Waals surface area contributed by atoms with E-state index in [1.165, 1.54) is 0 Å². The normalized spacial score (nSPS) is 11.5. The smallest absolute Gasteiger partial charge is 0.253 e. The molecular formula is C22H20ClN3O2. The van der Waals surface area contributed by atoms with E-state index in [0.717, 1.165) is 11.1 Å². The van der Waals surface area contributed by atoms with Crippen LogP contribution in [0.5, 0.6) is 0 Å². The van der Waals surface area contributed by atoms with E-state index in [1.807, 2.05) is 43.3 Å². The van der Waals surface area contributed by atoms with Crippen LogP contribution in [-0.4, -0.2) is 16.8 Å². The van der Waals surface area contributed by atoms with E-state index in [1.54, 1.807) is 36.5 Å². The number of anilines is 1. The molecule has 6 heteroatoms. The van der Waals surface area contributed by atoms with Gasteiger partial charge in [0.2, 0.25) is 5.91 Å². The molecule has 5 nitrogen and oxygen atoms in total. The van der Waals surface area contributed by atoms with Crippen molar-refractivity contribution in [1.29, 1.82) is 0 Å². The lowest BCUT2D eigenvalue weighted by molar-refractivity contribution is -0.116. The number of aryl methyl sites for hydroxylation is 1. The largest absolute Gasteiger partial charge is 0.345 e. The Kier molecular flexibility index (Phi) is 6.40. The number of nitrogens with zero attached hydrogens (tertiary/aromatic N) is 1. The minimum Gasteiger partial charge on any atom is -0.345 e. The molecule has 3 aromatic rings. The van der Waals surface area contributed by atoms with Crippen LogP contribution in [0.3, 0.4) is 0 Å². The Hall–Kier alpha value is -3.18. The number of halogens is 1. The van der Waals surface area contributed by atoms with Crippen molar-refractivity contribution in [2.24, 2.45) is 0 Å². The Labute approximate surface area is 168 Å². The molecule has 2 N–H and O–H groups in total. The van der Waals surface area contributed by atoms with Gasteiger partial charge in [-0.25, -0.2) is 4.98 Å². The van der Waals surface area contributed by atoms with Gasteiger partial charge in [-0.3, -0.25) is 9.59 Å². The fraction of sp³-hybridized carbons (Fsp3) is 0.136. The van der Waals surface area contributed by atoms with Gasteiger partial charge >= 0.3 is 0 Å². The molecule has 142 valence electrons. The number of pyridine rings is 1. The number of rotatable bonds is 6. The molecule has 0 aliphatic rings. The highest BCUT2D eigenvalue weighted by Gasteiger charge is 2.20. The number of hydrogen-bond acceptors (Lipinski definition) is 3. The molecular weight excluding hydrogens is 374 g/mol. The van der Waals surface area contributed by atoms with Crippen LogP contribution in [0, 0.1) is 6.92 Å². The van der Waals surface area contributed by atoms with E-state index >= 15 is 0 Å². The molecule has 0 spiro atoms. The summed E-state index contributed by atoms with van der Waals surface area (Å²) in [5, 5.41) is 6.04. The first-order chi connectivity index (χ1) is 13.5. The van der Waals surface area contributed by atoms with Gasteiger partial charge in [-0.15, -0.1) is 0 Å². The Morgan fingerprint density at radius 1 is 1.00 bits per heavy atom. The number of nitrogens with one attached hydrogen (secondary N) is 2. The second kappa shape index (κ2) is 9.15. The van der Waals surface area contributed by atoms with E-state index in [-0.39, 0.29) is 18.2 Å². The Balaban J connectivity index is 1.76. The summed E-state index contributed by atoms with van der Waals surface area (Å²) in [7, 11) is 0. The van der Waals surface area contributed by atoms with Crippen molar-refractivity contribution >= 4 is 29.2 Å². The van der Waals surface area contributed by atoms with Gasteiger partial charge in [0, 0.05) is 6.20 Å². The number of amides is 2. The first-order valence-electron chi connectivity index (χ1n) is 8.86. The first kappa shape index (κ1) is 19.6. The van der Waals surface area contributed by atoms with Gasteiger partial charge < -0.3 is 10.6 Å². The van der Waals surface area contributed by atoms with Gasteiger partial charge in [0.25, 0.3) is 5.91 Å². The maximum atomic E-state index is 12.7. The van der Waals surface area contributed by atoms with Crippen molar-refractivity contribution in [2.75, 3.05) is 5.32 Å². The minimum atomic E-state index is -0.504. The molecule has 0 radical (unpaired) electrons. The molecule has 2 amide bonds. The maximum Gasteiger partial charge on any atom is 0.253 e. The summed E-state index contributed by atoms with van der Waals surface area (Å²) in [5.74, 6) is -0.106. The fourth-order valence-electron chi connectivity index (χ4n) is 2.74. The summed E-state index contributed by atoms with van der Waals surface area (Å²) in [6.45, 7) is 1.92. The van der Waals surface area contributed by atoms with Crippen molar-refractivity contribution in [3.8, 4) is 0 Å². The Morgan fingerprint density at radius 2 is 1.71 bits per heavy atom. The van der Waals surface area contributed by atoms with Crippen molar-refractivity contribution in [1.82, 2.24) is 10.3 Å². The first-order valence-corrected chi connectivity index (χ1v) is 9.23. The topological polar surface area (TPSA) is 71.1 Å². The van der Waals surface area contributed by atoms with Crippen LogP contribution in [0.25, 0.3) is 0 Å². The molecule has 0 bridgehead atoms. The molecule has 0 aliphatic carbocycles. The summed E-state index contributed by atoms with van der Waals surface area (Å²) < 4.78 is 0. The standard InChI is InChI=1S/C22H20ClN3O2/c1-15-11-12-20(24-14-15)26-21(27)13-19(16-7-3-2-4-8-16)25-22(28)17-9-5-6-10-18(17)23/h2-12,14,19H,13H2,1H3,(H,25,28)(H,24,26,27)/t19-/m1/s1. The van der Waals surface area contributed by atoms with E-state index in [4.69, 9.17) is 11.6 Å². The van der Waals surface area contributed by atoms with Crippen molar-refractivity contribution in [3.63, 3.8) is 0 Å². The molecule has 0 saturated heterocycles. The maximum absolute atomic E-state index is 12.7. The fourth-order valence-corrected chi connectivity index (χ4v) is 2.96. The molecule has 2 aromatic carbocycles. The molecule has 28 heavy (non-hydrogen) atoms. The van der Waals surface area contributed by atoms with E-state index in [2.05, 4.69) is 15.6 Å². The average molecular weight is 394 g/mol. The highest BCUT2D eigenvalue weighted by molar-refractivity contribution is 6.33. The Bertz CT molecular complexity index is 959. The summed E-state index contributed by atoms with van der Waals surface area (Å²) in [5.41, 5.74) is 2.20. The number of benzene rings is 2. The number of hydrogen-bond donors (Lipinski definition) is 2. The zero-order valence-corrected chi connectivity index (χ0v) is 16.1. The number of aromatic nitrogens is 1. The third-order valence-electron chi connectivity index (χ3n) is 4.19. The van der Waals surface area contributed by atoms with Crippen LogP contribution in [0.4, 0.5) is 5.82 Å². The minimum absolute atomic E-state index is 0.0652. The van der Waals surface area contributed by atoms with Crippen LogP contribution in [0.2, 0.25) is 5.02 Å². The van der Waals surface area contributed by atoms with Crippen molar-refractivity contribution in [3.05, 3.63) is 94.6 Å². The number of carbonyl (C=O) groups excluding carboxylic acids is 2. The van der Waals surface area contributed by atoms with Gasteiger partial charge in [-0.05, 0) is 36.2 Å². The third kappa shape index (κ3) is 5.18. The van der Waals surface area contributed by atoms with Gasteiger partial charge in [0.15, 0.2) is 0 Å². The van der Waals surface area contributed by atoms with Crippen LogP contribution in [-0.2, 0) is 4.79 Å². The lowest BCUT2D eigenvalue weighted by Crippen LogP contribution is -2.31. The van der Waals surface area contributed by atoms with E-state index < -0.39 is 6.04 Å². The molecule has 0 aliphatic heterocycles. The monoisotopic (exact) mass is 393 g/mol. The molecule has 0 saturated carbocycles. The quantitative estimate of drug-likeness (QED) is 0.645. The zero-order chi connectivity index (χ0) is 19.9. The second-order valence-corrected chi connectivity index (χ2v) is 6.80. The summed E-state index contributed by atoms with van der Waals surface area (Å²) >= 11 is 6.13. The predicted molar refractivity (Wildman–Crippen MR) is 110 cm³/mol. The van der Waals surface area contributed by atoms with Crippen molar-refractivity contribution in [2.45, 2.75) is 19.4 Å². The van der Waals surface area contributed by atoms with E-state index in [0.29, 0.717) is 16.4 Å². The molecule has 1 atom stereocenters. The van der Waals surface area contributed by atoms with E-state index in [9.17, 15) is 9.59 Å². The Morgan fingerprint density at radius 3 is 2.39 bits per heavy atom. The molecule has 3 rings (SSSR count). The molecule has 1 heterocycles. The third-order valence-corrected chi connectivity index (χ3v) is 4.52. The van der Waals surface area contributed by atoms with Gasteiger partial charge in [-0.1, -0.05) is 60.1 Å². The zero-order valence-electron chi connectivity index (χ0n) is 15.4. The van der Waals surface area contributed by atoms with Crippen LogP contribution in [0.1, 0.15) is 33.9 Å². The summed E-state index contributed by atoms with van der Waals surface area (Å²) in [6, 6.07) is 19.3. The van der Waals surface area contributed by atoms with Crippen LogP contribution in [0.15, 0.2) is 72.9 Å². The van der Waals surface area contributed by atoms with Crippen molar-refractivity contribution < 1.29 is 9.59 Å². The highest BCUT2D eigenvalue weighted by Crippen LogP contribution is 2.21. The molecule has 0 unspecified atom stereocenters. The molecule has 0 fully saturated rings. The van der Waals surface area contributed by atoms with Crippen LogP contribution >= 0.6 is 11.6 Å². The lowest BCUT2D eigenvalue weighted by atomic mass is 10.0. The van der Waals surface area contributed by atoms with Gasteiger partial charge in [-0.2, -0.15) is 0 Å². The SMILES string of the molecule is Cc1ccc(NC(=O)C[C@@H](NC(=O)c2ccccc2Cl)c2ccccc2)nc1. The average Bonchev–Trinajstić information content (AvgIpc) is 2.70.